The Bertz CT molecular complexity index is 1230. The Kier molecular flexibility index (Phi) is 6.05. The smallest absolute Gasteiger partial charge is 0.145 e. The predicted molar refractivity (Wildman–Crippen MR) is 133 cm³/mol. The zero-order valence-corrected chi connectivity index (χ0v) is 18.5. The third-order valence-corrected chi connectivity index (χ3v) is 6.14. The first-order chi connectivity index (χ1) is 16.2. The summed E-state index contributed by atoms with van der Waals surface area (Å²) < 4.78 is 6.47. The first-order valence-electron chi connectivity index (χ1n) is 11.5. The van der Waals surface area contributed by atoms with Gasteiger partial charge in [-0.2, -0.15) is 0 Å². The van der Waals surface area contributed by atoms with Crippen molar-refractivity contribution >= 4 is 16.5 Å². The molecule has 1 aliphatic rings. The molecule has 1 fully saturated rings. The summed E-state index contributed by atoms with van der Waals surface area (Å²) in [6.07, 6.45) is 2.53. The van der Waals surface area contributed by atoms with E-state index in [0.717, 1.165) is 59.5 Å². The topological polar surface area (TPSA) is 65.0 Å². The lowest BCUT2D eigenvalue weighted by Crippen LogP contribution is -2.26. The summed E-state index contributed by atoms with van der Waals surface area (Å²) in [4.78, 5) is 2.47. The molecule has 168 valence electrons. The first-order valence-corrected chi connectivity index (χ1v) is 11.5. The van der Waals surface area contributed by atoms with Crippen LogP contribution in [0.1, 0.15) is 12.8 Å². The van der Waals surface area contributed by atoms with Gasteiger partial charge in [0.1, 0.15) is 23.0 Å². The van der Waals surface area contributed by atoms with E-state index in [-0.39, 0.29) is 11.5 Å². The Hall–Kier alpha value is -3.70. The van der Waals surface area contributed by atoms with E-state index in [0.29, 0.717) is 5.75 Å². The molecule has 33 heavy (non-hydrogen) atoms. The van der Waals surface area contributed by atoms with E-state index in [1.54, 1.807) is 24.3 Å². The summed E-state index contributed by atoms with van der Waals surface area (Å²) in [5, 5.41) is 25.4. The number of rotatable bonds is 7. The number of nitrogens with zero attached hydrogens (tertiary/aromatic N) is 1. The van der Waals surface area contributed by atoms with Gasteiger partial charge in [-0.1, -0.05) is 30.3 Å². The standard InChI is InChI=1S/C28H28N2O3/c31-22-10-8-20(9-11-22)27-26(29-14-17-30-15-4-5-16-30)19-21-18-23(32)12-13-25(21)28(27)33-24-6-2-1-3-7-24/h1-3,6-13,18-19,29,31-32H,4-5,14-17H2. The third-order valence-electron chi connectivity index (χ3n) is 6.14. The monoisotopic (exact) mass is 440 g/mol. The Morgan fingerprint density at radius 3 is 2.30 bits per heavy atom. The number of ether oxygens (including phenoxy) is 1. The van der Waals surface area contributed by atoms with Crippen molar-refractivity contribution in [1.82, 2.24) is 4.90 Å². The first kappa shape index (κ1) is 21.2. The molecule has 5 heteroatoms. The zero-order valence-electron chi connectivity index (χ0n) is 18.5. The normalized spacial score (nSPS) is 13.9. The minimum Gasteiger partial charge on any atom is -0.508 e. The number of hydrogen-bond acceptors (Lipinski definition) is 5. The van der Waals surface area contributed by atoms with Crippen LogP contribution in [-0.4, -0.2) is 41.3 Å². The molecule has 5 nitrogen and oxygen atoms in total. The molecule has 0 aliphatic carbocycles. The number of hydrogen-bond donors (Lipinski definition) is 3. The van der Waals surface area contributed by atoms with E-state index in [2.05, 4.69) is 16.3 Å². The highest BCUT2D eigenvalue weighted by molar-refractivity contribution is 6.02. The van der Waals surface area contributed by atoms with Crippen molar-refractivity contribution < 1.29 is 14.9 Å². The summed E-state index contributed by atoms with van der Waals surface area (Å²) in [7, 11) is 0. The van der Waals surface area contributed by atoms with Crippen LogP contribution in [0, 0.1) is 0 Å². The van der Waals surface area contributed by atoms with E-state index < -0.39 is 0 Å². The third kappa shape index (κ3) is 4.73. The summed E-state index contributed by atoms with van der Waals surface area (Å²) in [6.45, 7) is 4.09. The molecule has 3 N–H and O–H groups in total. The summed E-state index contributed by atoms with van der Waals surface area (Å²) in [5.74, 6) is 1.89. The summed E-state index contributed by atoms with van der Waals surface area (Å²) in [6, 6.07) is 24.3. The van der Waals surface area contributed by atoms with Gasteiger partial charge >= 0.3 is 0 Å². The lowest BCUT2D eigenvalue weighted by molar-refractivity contribution is 0.352. The van der Waals surface area contributed by atoms with Gasteiger partial charge in [0.05, 0.1) is 0 Å². The van der Waals surface area contributed by atoms with Crippen LogP contribution in [-0.2, 0) is 0 Å². The molecule has 0 bridgehead atoms. The number of likely N-dealkylation sites (tertiary alicyclic amines) is 1. The second kappa shape index (κ2) is 9.43. The Morgan fingerprint density at radius 2 is 1.55 bits per heavy atom. The highest BCUT2D eigenvalue weighted by Gasteiger charge is 2.19. The van der Waals surface area contributed by atoms with Crippen LogP contribution in [0.15, 0.2) is 78.9 Å². The van der Waals surface area contributed by atoms with Crippen molar-refractivity contribution in [2.75, 3.05) is 31.5 Å². The molecule has 0 saturated carbocycles. The van der Waals surface area contributed by atoms with Crippen LogP contribution in [0.2, 0.25) is 0 Å². The quantitative estimate of drug-likeness (QED) is 0.318. The van der Waals surface area contributed by atoms with Crippen molar-refractivity contribution in [3.05, 3.63) is 78.9 Å². The van der Waals surface area contributed by atoms with Crippen molar-refractivity contribution in [1.29, 1.82) is 0 Å². The maximum Gasteiger partial charge on any atom is 0.145 e. The average molecular weight is 441 g/mol. The SMILES string of the molecule is Oc1ccc(-c2c(NCCN3CCCC3)cc3cc(O)ccc3c2Oc2ccccc2)cc1. The van der Waals surface area contributed by atoms with E-state index in [4.69, 9.17) is 4.74 Å². The van der Waals surface area contributed by atoms with Gasteiger partial charge in [-0.3, -0.25) is 0 Å². The minimum absolute atomic E-state index is 0.216. The molecule has 1 heterocycles. The Morgan fingerprint density at radius 1 is 0.818 bits per heavy atom. The highest BCUT2D eigenvalue weighted by atomic mass is 16.5. The van der Waals surface area contributed by atoms with E-state index in [9.17, 15) is 10.2 Å². The highest BCUT2D eigenvalue weighted by Crippen LogP contribution is 2.45. The number of anilines is 1. The van der Waals surface area contributed by atoms with E-state index in [1.807, 2.05) is 48.5 Å². The molecule has 0 amide bonds. The molecule has 1 aliphatic heterocycles. The fourth-order valence-electron chi connectivity index (χ4n) is 4.48. The molecule has 1 saturated heterocycles. The van der Waals surface area contributed by atoms with Crippen molar-refractivity contribution in [2.45, 2.75) is 12.8 Å². The molecule has 4 aromatic rings. The molecular weight excluding hydrogens is 412 g/mol. The summed E-state index contributed by atoms with van der Waals surface area (Å²) in [5.41, 5.74) is 2.81. The van der Waals surface area contributed by atoms with Gasteiger partial charge in [-0.25, -0.2) is 0 Å². The van der Waals surface area contributed by atoms with Gasteiger partial charge < -0.3 is 25.2 Å². The lowest BCUT2D eigenvalue weighted by atomic mass is 9.96. The van der Waals surface area contributed by atoms with Gasteiger partial charge in [-0.15, -0.1) is 0 Å². The number of phenolic OH excluding ortho intramolecular Hbond substituents is 2. The van der Waals surface area contributed by atoms with Crippen molar-refractivity contribution in [3.8, 4) is 34.1 Å². The maximum absolute atomic E-state index is 10.1. The van der Waals surface area contributed by atoms with Crippen LogP contribution >= 0.6 is 0 Å². The molecule has 0 aromatic heterocycles. The van der Waals surface area contributed by atoms with Gasteiger partial charge in [0.2, 0.25) is 0 Å². The number of para-hydroxylation sites is 1. The second-order valence-electron chi connectivity index (χ2n) is 8.47. The molecule has 0 spiro atoms. The van der Waals surface area contributed by atoms with Gasteiger partial charge in [0, 0.05) is 29.7 Å². The minimum atomic E-state index is 0.216. The van der Waals surface area contributed by atoms with E-state index >= 15 is 0 Å². The molecule has 4 aromatic carbocycles. The van der Waals surface area contributed by atoms with Gasteiger partial charge in [0.25, 0.3) is 0 Å². The molecule has 0 radical (unpaired) electrons. The second-order valence-corrected chi connectivity index (χ2v) is 8.47. The van der Waals surface area contributed by atoms with Gasteiger partial charge in [-0.05, 0) is 85.4 Å². The zero-order chi connectivity index (χ0) is 22.6. The van der Waals surface area contributed by atoms with Crippen LogP contribution < -0.4 is 10.1 Å². The van der Waals surface area contributed by atoms with Crippen molar-refractivity contribution in [2.24, 2.45) is 0 Å². The number of aromatic hydroxyl groups is 2. The maximum atomic E-state index is 10.1. The molecule has 5 rings (SSSR count). The fraction of sp³-hybridized carbons (Fsp3) is 0.214. The number of fused-ring (bicyclic) bond motifs is 1. The Labute approximate surface area is 193 Å². The van der Waals surface area contributed by atoms with Crippen LogP contribution in [0.3, 0.4) is 0 Å². The van der Waals surface area contributed by atoms with E-state index in [1.165, 1.54) is 12.8 Å². The molecule has 0 unspecified atom stereocenters. The van der Waals surface area contributed by atoms with Crippen LogP contribution in [0.4, 0.5) is 5.69 Å². The number of nitrogens with one attached hydrogen (secondary N) is 1. The largest absolute Gasteiger partial charge is 0.508 e. The Balaban J connectivity index is 1.63. The number of benzene rings is 4. The summed E-state index contributed by atoms with van der Waals surface area (Å²) >= 11 is 0. The van der Waals surface area contributed by atoms with Gasteiger partial charge in [0.15, 0.2) is 0 Å². The lowest BCUT2D eigenvalue weighted by Gasteiger charge is -2.21. The molecular formula is C28H28N2O3. The fourth-order valence-corrected chi connectivity index (χ4v) is 4.48. The molecule has 0 atom stereocenters. The number of phenols is 2. The predicted octanol–water partition coefficient (Wildman–Crippen LogP) is 6.22. The average Bonchev–Trinajstić information content (AvgIpc) is 3.34. The van der Waals surface area contributed by atoms with Crippen molar-refractivity contribution in [3.63, 3.8) is 0 Å². The van der Waals surface area contributed by atoms with Crippen LogP contribution in [0.5, 0.6) is 23.0 Å². The van der Waals surface area contributed by atoms with Crippen LogP contribution in [0.25, 0.3) is 21.9 Å².